The lowest BCUT2D eigenvalue weighted by Gasteiger charge is -2.21. The number of benzene rings is 3. The first-order valence-corrected chi connectivity index (χ1v) is 19.3. The van der Waals surface area contributed by atoms with Crippen LogP contribution in [0.5, 0.6) is 5.75 Å². The minimum atomic E-state index is -3.58. The van der Waals surface area contributed by atoms with E-state index < -0.39 is 20.5 Å². The Bertz CT molecular complexity index is 2150. The molecule has 2 N–H and O–H groups in total. The largest absolute Gasteiger partial charge is 0.454 e. The molecule has 10 nitrogen and oxygen atoms in total. The number of halogens is 1. The number of carbonyl (C=O) groups excluding carboxylic acids is 1. The summed E-state index contributed by atoms with van der Waals surface area (Å²) in [5, 5.41) is 8.66. The summed E-state index contributed by atoms with van der Waals surface area (Å²) >= 11 is 6.76. The van der Waals surface area contributed by atoms with Gasteiger partial charge in [-0.2, -0.15) is 0 Å². The lowest BCUT2D eigenvalue weighted by molar-refractivity contribution is -0.122. The molecular formula is C36H37ClN6O4S2. The Kier molecular flexibility index (Phi) is 10.1. The summed E-state index contributed by atoms with van der Waals surface area (Å²) < 4.78 is 33.1. The molecular weight excluding hydrogens is 680 g/mol. The molecule has 0 saturated carbocycles. The number of nitrogens with one attached hydrogen (secondary N) is 2. The first-order chi connectivity index (χ1) is 23.5. The van der Waals surface area contributed by atoms with Crippen LogP contribution in [0.3, 0.4) is 0 Å². The third kappa shape index (κ3) is 7.98. The van der Waals surface area contributed by atoms with Crippen molar-refractivity contribution < 1.29 is 17.9 Å². The summed E-state index contributed by atoms with van der Waals surface area (Å²) in [4.78, 5) is 21.4. The molecule has 0 aliphatic carbocycles. The SMILES string of the molecule is CC(C)(C(=O)NCCn1ccc2ncnc(Nc3ccc(OC4=CN(Cc5ccccc5)S(Cc5ccccc5)=C4)c(Cl)c3)c21)S(C)(=O)=O. The standard InChI is InChI=1S/C36H37ClN6O4S2/c1-36(2,49(3,45)46)35(44)38-17-19-42-18-16-31-33(42)34(40-25-39-31)41-28-14-15-32(30(37)20-28)47-29-22-43(21-26-10-6-4-7-11-26)48(24-29)23-27-12-8-5-9-13-27/h4-16,18,20,22,24-25H,17,19,21,23H2,1-3H3,(H,38,44)(H,39,40,41). The third-order valence-corrected chi connectivity index (χ3v) is 12.6. The average molecular weight is 717 g/mol. The lowest BCUT2D eigenvalue weighted by atomic mass is 10.2. The van der Waals surface area contributed by atoms with Crippen LogP contribution in [0, 0.1) is 0 Å². The maximum atomic E-state index is 12.6. The van der Waals surface area contributed by atoms with Gasteiger partial charge in [-0.3, -0.25) is 4.79 Å². The van der Waals surface area contributed by atoms with Gasteiger partial charge in [0, 0.05) is 42.3 Å². The summed E-state index contributed by atoms with van der Waals surface area (Å²) in [5.41, 5.74) is 4.62. The van der Waals surface area contributed by atoms with Crippen LogP contribution in [0.25, 0.3) is 11.0 Å². The van der Waals surface area contributed by atoms with Crippen molar-refractivity contribution in [2.75, 3.05) is 18.1 Å². The Morgan fingerprint density at radius 3 is 2.39 bits per heavy atom. The zero-order valence-electron chi connectivity index (χ0n) is 27.3. The Balaban J connectivity index is 1.16. The monoisotopic (exact) mass is 716 g/mol. The van der Waals surface area contributed by atoms with Gasteiger partial charge < -0.3 is 24.2 Å². The van der Waals surface area contributed by atoms with E-state index in [-0.39, 0.29) is 17.2 Å². The number of amides is 1. The fraction of sp³-hybridized carbons (Fsp3) is 0.222. The number of sulfone groups is 1. The predicted molar refractivity (Wildman–Crippen MR) is 199 cm³/mol. The first kappa shape index (κ1) is 34.2. The van der Waals surface area contributed by atoms with E-state index in [2.05, 4.69) is 85.0 Å². The van der Waals surface area contributed by atoms with Gasteiger partial charge in [0.05, 0.1) is 23.3 Å². The van der Waals surface area contributed by atoms with Crippen molar-refractivity contribution in [3.8, 4) is 5.75 Å². The molecule has 3 aromatic carbocycles. The molecule has 1 aliphatic rings. The summed E-state index contributed by atoms with van der Waals surface area (Å²) in [6, 6.07) is 28.2. The predicted octanol–water partition coefficient (Wildman–Crippen LogP) is 6.69. The number of ether oxygens (including phenoxy) is 1. The molecule has 0 radical (unpaired) electrons. The van der Waals surface area contributed by atoms with Gasteiger partial charge in [0.25, 0.3) is 0 Å². The van der Waals surface area contributed by atoms with E-state index >= 15 is 0 Å². The topological polar surface area (TPSA) is 118 Å². The molecule has 13 heteroatoms. The van der Waals surface area contributed by atoms with Gasteiger partial charge in [-0.15, -0.1) is 0 Å². The number of rotatable bonds is 13. The zero-order valence-corrected chi connectivity index (χ0v) is 29.7. The van der Waals surface area contributed by atoms with Gasteiger partial charge in [0.2, 0.25) is 5.91 Å². The molecule has 1 unspecified atom stereocenters. The minimum Gasteiger partial charge on any atom is -0.454 e. The summed E-state index contributed by atoms with van der Waals surface area (Å²) in [6.07, 6.45) is 6.43. The summed E-state index contributed by atoms with van der Waals surface area (Å²) in [6.45, 7) is 4.15. The van der Waals surface area contributed by atoms with E-state index in [1.807, 2.05) is 41.1 Å². The first-order valence-electron chi connectivity index (χ1n) is 15.6. The van der Waals surface area contributed by atoms with E-state index in [0.717, 1.165) is 29.8 Å². The number of carbonyl (C=O) groups is 1. The molecule has 3 heterocycles. The van der Waals surface area contributed by atoms with Crippen LogP contribution >= 0.6 is 22.3 Å². The normalized spacial score (nSPS) is 14.7. The van der Waals surface area contributed by atoms with Crippen LogP contribution in [-0.2, 0) is 33.5 Å². The van der Waals surface area contributed by atoms with E-state index in [1.165, 1.54) is 31.3 Å². The molecule has 0 fully saturated rings. The molecule has 254 valence electrons. The molecule has 0 bridgehead atoms. The van der Waals surface area contributed by atoms with Gasteiger partial charge in [0.15, 0.2) is 21.4 Å². The van der Waals surface area contributed by atoms with Crippen molar-refractivity contribution in [3.05, 3.63) is 126 Å². The molecule has 1 aliphatic heterocycles. The molecule has 1 amide bonds. The Hall–Kier alpha value is -4.65. The molecule has 5 aromatic rings. The quantitative estimate of drug-likeness (QED) is 0.130. The molecule has 2 aromatic heterocycles. The van der Waals surface area contributed by atoms with Crippen LogP contribution in [0.15, 0.2) is 109 Å². The number of anilines is 2. The molecule has 0 spiro atoms. The lowest BCUT2D eigenvalue weighted by Crippen LogP contribution is -2.48. The second kappa shape index (κ2) is 14.5. The summed E-state index contributed by atoms with van der Waals surface area (Å²) in [5.74, 6) is 2.13. The van der Waals surface area contributed by atoms with Gasteiger partial charge in [-0.1, -0.05) is 82.9 Å². The highest BCUT2D eigenvalue weighted by Gasteiger charge is 2.38. The maximum Gasteiger partial charge on any atom is 0.240 e. The van der Waals surface area contributed by atoms with Gasteiger partial charge in [-0.25, -0.2) is 18.4 Å². The van der Waals surface area contributed by atoms with Crippen LogP contribution in [0.2, 0.25) is 5.02 Å². The smallest absolute Gasteiger partial charge is 0.240 e. The van der Waals surface area contributed by atoms with Crippen LogP contribution in [-0.4, -0.2) is 56.1 Å². The molecule has 1 atom stereocenters. The highest BCUT2D eigenvalue weighted by Crippen LogP contribution is 2.36. The highest BCUT2D eigenvalue weighted by molar-refractivity contribution is 8.12. The number of aromatic nitrogens is 3. The van der Waals surface area contributed by atoms with Crippen molar-refractivity contribution in [2.45, 2.75) is 37.4 Å². The number of nitrogens with zero attached hydrogens (tertiary/aromatic N) is 4. The fourth-order valence-corrected chi connectivity index (χ4v) is 7.64. The molecule has 6 rings (SSSR count). The van der Waals surface area contributed by atoms with Crippen LogP contribution in [0.1, 0.15) is 25.0 Å². The van der Waals surface area contributed by atoms with Gasteiger partial charge in [-0.05, 0) is 49.2 Å². The van der Waals surface area contributed by atoms with Crippen molar-refractivity contribution in [2.24, 2.45) is 0 Å². The van der Waals surface area contributed by atoms with E-state index in [0.29, 0.717) is 34.3 Å². The number of hydrogen-bond acceptors (Lipinski definition) is 8. The van der Waals surface area contributed by atoms with E-state index in [1.54, 1.807) is 6.07 Å². The van der Waals surface area contributed by atoms with Crippen molar-refractivity contribution in [1.82, 2.24) is 24.2 Å². The van der Waals surface area contributed by atoms with Crippen LogP contribution in [0.4, 0.5) is 11.5 Å². The number of allylic oxidation sites excluding steroid dienone is 1. The van der Waals surface area contributed by atoms with Crippen molar-refractivity contribution in [3.63, 3.8) is 0 Å². The van der Waals surface area contributed by atoms with Gasteiger partial charge in [0.1, 0.15) is 22.3 Å². The van der Waals surface area contributed by atoms with E-state index in [4.69, 9.17) is 16.3 Å². The van der Waals surface area contributed by atoms with Crippen molar-refractivity contribution >= 4 is 65.9 Å². The Morgan fingerprint density at radius 2 is 1.69 bits per heavy atom. The van der Waals surface area contributed by atoms with E-state index in [9.17, 15) is 13.2 Å². The second-order valence-corrected chi connectivity index (χ2v) is 16.9. The second-order valence-electron chi connectivity index (χ2n) is 12.1. The average Bonchev–Trinajstić information content (AvgIpc) is 3.66. The number of fused-ring (bicyclic) bond motifs is 1. The Morgan fingerprint density at radius 1 is 0.980 bits per heavy atom. The summed E-state index contributed by atoms with van der Waals surface area (Å²) in [7, 11) is -3.79. The third-order valence-electron chi connectivity index (χ3n) is 8.25. The maximum absolute atomic E-state index is 12.6. The zero-order chi connectivity index (χ0) is 34.6. The van der Waals surface area contributed by atoms with Crippen LogP contribution < -0.4 is 15.4 Å². The molecule has 49 heavy (non-hydrogen) atoms. The molecule has 0 saturated heterocycles. The number of hydrogen-bond donors (Lipinski definition) is 2. The highest BCUT2D eigenvalue weighted by atomic mass is 35.5. The van der Waals surface area contributed by atoms with Gasteiger partial charge >= 0.3 is 0 Å². The Labute approximate surface area is 293 Å². The fourth-order valence-electron chi connectivity index (χ4n) is 5.16. The minimum absolute atomic E-state index is 0.215. The van der Waals surface area contributed by atoms with Crippen molar-refractivity contribution in [1.29, 1.82) is 0 Å².